The number of hydrogen-bond acceptors (Lipinski definition) is 4. The van der Waals surface area contributed by atoms with Crippen LogP contribution >= 0.6 is 0 Å². The van der Waals surface area contributed by atoms with Crippen molar-refractivity contribution in [3.05, 3.63) is 23.8 Å². The van der Waals surface area contributed by atoms with Crippen LogP contribution in [-0.2, 0) is 11.3 Å². The van der Waals surface area contributed by atoms with Gasteiger partial charge in [-0.3, -0.25) is 4.79 Å². The lowest BCUT2D eigenvalue weighted by Gasteiger charge is -2.01. The molecule has 0 aliphatic rings. The van der Waals surface area contributed by atoms with Gasteiger partial charge in [-0.2, -0.15) is 0 Å². The van der Waals surface area contributed by atoms with Gasteiger partial charge in [0.25, 0.3) is 0 Å². The lowest BCUT2D eigenvalue weighted by atomic mass is 10.4. The van der Waals surface area contributed by atoms with Crippen LogP contribution in [0.4, 0.5) is 0 Å². The number of nitrogens with two attached hydrogens (primary N) is 1. The van der Waals surface area contributed by atoms with Gasteiger partial charge in [0.2, 0.25) is 5.91 Å². The SMILES string of the molecule is Cc1nccc(CNCC(N)=O)n1. The van der Waals surface area contributed by atoms with Gasteiger partial charge < -0.3 is 11.1 Å². The third-order valence-electron chi connectivity index (χ3n) is 1.44. The number of aryl methyl sites for hydroxylation is 1. The maximum absolute atomic E-state index is 10.4. The lowest BCUT2D eigenvalue weighted by molar-refractivity contribution is -0.117. The van der Waals surface area contributed by atoms with Crippen molar-refractivity contribution in [2.24, 2.45) is 5.73 Å². The summed E-state index contributed by atoms with van der Waals surface area (Å²) in [6.45, 7) is 2.52. The fourth-order valence-electron chi connectivity index (χ4n) is 0.917. The maximum Gasteiger partial charge on any atom is 0.231 e. The Morgan fingerprint density at radius 3 is 3.08 bits per heavy atom. The van der Waals surface area contributed by atoms with E-state index in [0.29, 0.717) is 6.54 Å². The van der Waals surface area contributed by atoms with Crippen LogP contribution in [0.5, 0.6) is 0 Å². The van der Waals surface area contributed by atoms with Gasteiger partial charge >= 0.3 is 0 Å². The number of nitrogens with zero attached hydrogens (tertiary/aromatic N) is 2. The second-order valence-corrected chi connectivity index (χ2v) is 2.67. The van der Waals surface area contributed by atoms with Gasteiger partial charge in [0.15, 0.2) is 0 Å². The smallest absolute Gasteiger partial charge is 0.231 e. The molecule has 0 radical (unpaired) electrons. The van der Waals surface area contributed by atoms with Gasteiger partial charge in [-0.05, 0) is 13.0 Å². The van der Waals surface area contributed by atoms with E-state index in [1.807, 2.05) is 6.92 Å². The number of primary amides is 1. The Hall–Kier alpha value is -1.49. The molecule has 1 aromatic rings. The Morgan fingerprint density at radius 2 is 2.46 bits per heavy atom. The highest BCUT2D eigenvalue weighted by Crippen LogP contribution is 1.92. The molecule has 0 aliphatic heterocycles. The summed E-state index contributed by atoms with van der Waals surface area (Å²) < 4.78 is 0. The van der Waals surface area contributed by atoms with E-state index in [-0.39, 0.29) is 12.5 Å². The van der Waals surface area contributed by atoms with Crippen molar-refractivity contribution < 1.29 is 4.79 Å². The number of amides is 1. The third-order valence-corrected chi connectivity index (χ3v) is 1.44. The van der Waals surface area contributed by atoms with Gasteiger partial charge in [-0.25, -0.2) is 9.97 Å². The number of nitrogens with one attached hydrogen (secondary N) is 1. The fourth-order valence-corrected chi connectivity index (χ4v) is 0.917. The molecule has 1 aromatic heterocycles. The minimum Gasteiger partial charge on any atom is -0.369 e. The molecule has 0 bridgehead atoms. The molecule has 5 heteroatoms. The number of hydrogen-bond donors (Lipinski definition) is 2. The van der Waals surface area contributed by atoms with Gasteiger partial charge in [0.1, 0.15) is 5.82 Å². The van der Waals surface area contributed by atoms with Crippen LogP contribution in [0.15, 0.2) is 12.3 Å². The molecule has 0 atom stereocenters. The van der Waals surface area contributed by atoms with Crippen molar-refractivity contribution >= 4 is 5.91 Å². The van der Waals surface area contributed by atoms with Crippen LogP contribution in [0, 0.1) is 6.92 Å². The van der Waals surface area contributed by atoms with E-state index in [1.165, 1.54) is 0 Å². The summed E-state index contributed by atoms with van der Waals surface area (Å²) in [4.78, 5) is 18.5. The Labute approximate surface area is 76.4 Å². The highest BCUT2D eigenvalue weighted by molar-refractivity contribution is 5.75. The molecular formula is C8H12N4O. The molecule has 0 saturated heterocycles. The monoisotopic (exact) mass is 180 g/mol. The van der Waals surface area contributed by atoms with E-state index in [2.05, 4.69) is 15.3 Å². The minimum absolute atomic E-state index is 0.170. The molecule has 0 unspecified atom stereocenters. The van der Waals surface area contributed by atoms with Crippen LogP contribution in [0.25, 0.3) is 0 Å². The average Bonchev–Trinajstić information content (AvgIpc) is 2.03. The molecule has 0 spiro atoms. The first kappa shape index (κ1) is 9.60. The summed E-state index contributed by atoms with van der Waals surface area (Å²) >= 11 is 0. The first-order valence-corrected chi connectivity index (χ1v) is 3.96. The molecular weight excluding hydrogens is 168 g/mol. The number of carbonyl (C=O) groups is 1. The largest absolute Gasteiger partial charge is 0.369 e. The molecule has 5 nitrogen and oxygen atoms in total. The summed E-state index contributed by atoms with van der Waals surface area (Å²) in [7, 11) is 0. The molecule has 3 N–H and O–H groups in total. The predicted molar refractivity (Wildman–Crippen MR) is 47.7 cm³/mol. The maximum atomic E-state index is 10.4. The Bertz CT molecular complexity index is 300. The van der Waals surface area contributed by atoms with Gasteiger partial charge in [0.05, 0.1) is 12.2 Å². The van der Waals surface area contributed by atoms with E-state index in [9.17, 15) is 4.79 Å². The second-order valence-electron chi connectivity index (χ2n) is 2.67. The normalized spacial score (nSPS) is 9.92. The molecule has 1 rings (SSSR count). The van der Waals surface area contributed by atoms with Crippen molar-refractivity contribution in [2.45, 2.75) is 13.5 Å². The fraction of sp³-hybridized carbons (Fsp3) is 0.375. The van der Waals surface area contributed by atoms with Crippen LogP contribution in [0.3, 0.4) is 0 Å². The number of carbonyl (C=O) groups excluding carboxylic acids is 1. The molecule has 1 heterocycles. The molecule has 0 aromatic carbocycles. The molecule has 13 heavy (non-hydrogen) atoms. The van der Waals surface area contributed by atoms with Crippen LogP contribution in [0.2, 0.25) is 0 Å². The Morgan fingerprint density at radius 1 is 1.69 bits per heavy atom. The highest BCUT2D eigenvalue weighted by Gasteiger charge is 1.96. The zero-order chi connectivity index (χ0) is 9.68. The highest BCUT2D eigenvalue weighted by atomic mass is 16.1. The topological polar surface area (TPSA) is 80.9 Å². The van der Waals surface area contributed by atoms with E-state index >= 15 is 0 Å². The minimum atomic E-state index is -0.370. The van der Waals surface area contributed by atoms with E-state index in [0.717, 1.165) is 11.5 Å². The number of aromatic nitrogens is 2. The van der Waals surface area contributed by atoms with E-state index in [1.54, 1.807) is 12.3 Å². The van der Waals surface area contributed by atoms with Crippen LogP contribution in [-0.4, -0.2) is 22.4 Å². The van der Waals surface area contributed by atoms with Gasteiger partial charge in [-0.1, -0.05) is 0 Å². The van der Waals surface area contributed by atoms with Crippen molar-refractivity contribution in [1.29, 1.82) is 0 Å². The van der Waals surface area contributed by atoms with Gasteiger partial charge in [0, 0.05) is 12.7 Å². The third kappa shape index (κ3) is 3.62. The Balaban J connectivity index is 2.41. The zero-order valence-corrected chi connectivity index (χ0v) is 7.45. The first-order valence-electron chi connectivity index (χ1n) is 3.96. The predicted octanol–water partition coefficient (Wildman–Crippen LogP) is -0.640. The number of rotatable bonds is 4. The van der Waals surface area contributed by atoms with Crippen molar-refractivity contribution in [1.82, 2.24) is 15.3 Å². The first-order chi connectivity index (χ1) is 6.18. The molecule has 0 fully saturated rings. The quantitative estimate of drug-likeness (QED) is 0.645. The van der Waals surface area contributed by atoms with Crippen molar-refractivity contribution in [3.63, 3.8) is 0 Å². The van der Waals surface area contributed by atoms with Gasteiger partial charge in [-0.15, -0.1) is 0 Å². The summed E-state index contributed by atoms with van der Waals surface area (Å²) in [5, 5.41) is 2.86. The van der Waals surface area contributed by atoms with Crippen molar-refractivity contribution in [3.8, 4) is 0 Å². The van der Waals surface area contributed by atoms with E-state index in [4.69, 9.17) is 5.73 Å². The van der Waals surface area contributed by atoms with Crippen LogP contribution < -0.4 is 11.1 Å². The van der Waals surface area contributed by atoms with Crippen LogP contribution in [0.1, 0.15) is 11.5 Å². The molecule has 0 saturated carbocycles. The standard InChI is InChI=1S/C8H12N4O/c1-6-11-3-2-7(12-6)4-10-5-8(9)13/h2-3,10H,4-5H2,1H3,(H2,9,13). The zero-order valence-electron chi connectivity index (χ0n) is 7.45. The molecule has 0 aliphatic carbocycles. The van der Waals surface area contributed by atoms with E-state index < -0.39 is 0 Å². The summed E-state index contributed by atoms with van der Waals surface area (Å²) in [6, 6.07) is 1.79. The average molecular weight is 180 g/mol. The summed E-state index contributed by atoms with van der Waals surface area (Å²) in [5.41, 5.74) is 5.81. The lowest BCUT2D eigenvalue weighted by Crippen LogP contribution is -2.28. The summed E-state index contributed by atoms with van der Waals surface area (Å²) in [5.74, 6) is 0.351. The summed E-state index contributed by atoms with van der Waals surface area (Å²) in [6.07, 6.45) is 1.68. The van der Waals surface area contributed by atoms with Crippen molar-refractivity contribution in [2.75, 3.05) is 6.54 Å². The molecule has 70 valence electrons. The Kier molecular flexibility index (Phi) is 3.33. The molecule has 1 amide bonds. The second kappa shape index (κ2) is 4.51.